The van der Waals surface area contributed by atoms with Crippen LogP contribution < -0.4 is 0 Å². The lowest BCUT2D eigenvalue weighted by atomic mass is 9.86. The van der Waals surface area contributed by atoms with Crippen molar-refractivity contribution >= 4 is 16.1 Å². The standard InChI is InChI=1S/C18H28N2O4S/c1-14-13-15(18(2,3)4)7-8-16(14)25(22,23)20-10-6-9-19(11-12-20)17(21)24-5/h7-8,13H,6,9-12H2,1-5H3. The summed E-state index contributed by atoms with van der Waals surface area (Å²) in [5, 5.41) is 0. The van der Waals surface area contributed by atoms with Crippen molar-refractivity contribution in [3.63, 3.8) is 0 Å². The van der Waals surface area contributed by atoms with E-state index in [1.807, 2.05) is 19.1 Å². The molecule has 0 saturated carbocycles. The molecule has 140 valence electrons. The molecule has 7 heteroatoms. The van der Waals surface area contributed by atoms with Crippen LogP contribution >= 0.6 is 0 Å². The van der Waals surface area contributed by atoms with Gasteiger partial charge in [0.2, 0.25) is 10.0 Å². The van der Waals surface area contributed by atoms with Crippen LogP contribution in [0.3, 0.4) is 0 Å². The molecule has 1 aliphatic heterocycles. The van der Waals surface area contributed by atoms with E-state index in [4.69, 9.17) is 4.74 Å². The summed E-state index contributed by atoms with van der Waals surface area (Å²) in [5.41, 5.74) is 1.83. The lowest BCUT2D eigenvalue weighted by molar-refractivity contribution is 0.126. The fraction of sp³-hybridized carbons (Fsp3) is 0.611. The molecule has 1 heterocycles. The van der Waals surface area contributed by atoms with Crippen molar-refractivity contribution in [2.75, 3.05) is 33.3 Å². The average molecular weight is 368 g/mol. The van der Waals surface area contributed by atoms with Crippen molar-refractivity contribution in [3.05, 3.63) is 29.3 Å². The van der Waals surface area contributed by atoms with Crippen molar-refractivity contribution in [1.29, 1.82) is 0 Å². The Morgan fingerprint density at radius 1 is 1.12 bits per heavy atom. The summed E-state index contributed by atoms with van der Waals surface area (Å²) in [6.07, 6.45) is 0.179. The topological polar surface area (TPSA) is 66.9 Å². The second-order valence-electron chi connectivity index (χ2n) is 7.44. The number of nitrogens with zero attached hydrogens (tertiary/aromatic N) is 2. The highest BCUT2D eigenvalue weighted by atomic mass is 32.2. The molecule has 6 nitrogen and oxygen atoms in total. The number of hydrogen-bond acceptors (Lipinski definition) is 4. The van der Waals surface area contributed by atoms with Gasteiger partial charge in [0, 0.05) is 26.2 Å². The maximum atomic E-state index is 13.1. The average Bonchev–Trinajstić information content (AvgIpc) is 2.79. The molecular formula is C18H28N2O4S. The smallest absolute Gasteiger partial charge is 0.409 e. The zero-order chi connectivity index (χ0) is 18.8. The number of aryl methyl sites for hydroxylation is 1. The van der Waals surface area contributed by atoms with Crippen LogP contribution in [-0.2, 0) is 20.2 Å². The van der Waals surface area contributed by atoms with Crippen LogP contribution in [0.25, 0.3) is 0 Å². The van der Waals surface area contributed by atoms with E-state index < -0.39 is 16.1 Å². The number of methoxy groups -OCH3 is 1. The lowest BCUT2D eigenvalue weighted by Gasteiger charge is -2.24. The third-order valence-electron chi connectivity index (χ3n) is 4.55. The SMILES string of the molecule is COC(=O)N1CCCN(S(=O)(=O)c2ccc(C(C)(C)C)cc2C)CC1. The molecule has 1 aliphatic rings. The van der Waals surface area contributed by atoms with Crippen LogP contribution in [0.1, 0.15) is 38.3 Å². The minimum Gasteiger partial charge on any atom is -0.453 e. The van der Waals surface area contributed by atoms with Gasteiger partial charge in [-0.15, -0.1) is 0 Å². The molecule has 0 spiro atoms. The third kappa shape index (κ3) is 4.33. The zero-order valence-electron chi connectivity index (χ0n) is 15.7. The van der Waals surface area contributed by atoms with Crippen molar-refractivity contribution in [1.82, 2.24) is 9.21 Å². The quantitative estimate of drug-likeness (QED) is 0.805. The maximum Gasteiger partial charge on any atom is 0.409 e. The first-order valence-electron chi connectivity index (χ1n) is 8.51. The molecule has 2 rings (SSSR count). The van der Waals surface area contributed by atoms with Gasteiger partial charge in [-0.3, -0.25) is 0 Å². The van der Waals surface area contributed by atoms with Crippen LogP contribution in [0.2, 0.25) is 0 Å². The van der Waals surface area contributed by atoms with Crippen LogP contribution in [0.4, 0.5) is 4.79 Å². The number of carbonyl (C=O) groups is 1. The summed E-state index contributed by atoms with van der Waals surface area (Å²) < 4.78 is 32.3. The predicted molar refractivity (Wildman–Crippen MR) is 97.2 cm³/mol. The summed E-state index contributed by atoms with van der Waals surface area (Å²) in [5.74, 6) is 0. The number of benzene rings is 1. The number of ether oxygens (including phenoxy) is 1. The van der Waals surface area contributed by atoms with Crippen LogP contribution in [0.5, 0.6) is 0 Å². The van der Waals surface area contributed by atoms with Crippen molar-refractivity contribution < 1.29 is 17.9 Å². The summed E-state index contributed by atoms with van der Waals surface area (Å²) in [4.78, 5) is 13.6. The Morgan fingerprint density at radius 2 is 1.80 bits per heavy atom. The van der Waals surface area contributed by atoms with E-state index in [1.54, 1.807) is 11.0 Å². The number of hydrogen-bond donors (Lipinski definition) is 0. The predicted octanol–water partition coefficient (Wildman–Crippen LogP) is 2.76. The molecule has 0 radical (unpaired) electrons. The molecule has 1 saturated heterocycles. The van der Waals surface area contributed by atoms with Gasteiger partial charge in [-0.2, -0.15) is 4.31 Å². The zero-order valence-corrected chi connectivity index (χ0v) is 16.5. The maximum absolute atomic E-state index is 13.1. The Labute approximate surface area is 150 Å². The lowest BCUT2D eigenvalue weighted by Crippen LogP contribution is -2.37. The van der Waals surface area contributed by atoms with Gasteiger partial charge in [0.1, 0.15) is 0 Å². The Balaban J connectivity index is 2.25. The highest BCUT2D eigenvalue weighted by Crippen LogP contribution is 2.28. The van der Waals surface area contributed by atoms with E-state index in [2.05, 4.69) is 20.8 Å². The fourth-order valence-corrected chi connectivity index (χ4v) is 4.67. The van der Waals surface area contributed by atoms with Crippen molar-refractivity contribution in [2.45, 2.75) is 44.4 Å². The summed E-state index contributed by atoms with van der Waals surface area (Å²) in [6.45, 7) is 9.66. The van der Waals surface area contributed by atoms with E-state index >= 15 is 0 Å². The molecule has 0 atom stereocenters. The molecule has 0 aromatic heterocycles. The first-order chi connectivity index (χ1) is 11.6. The molecule has 1 amide bonds. The second-order valence-corrected chi connectivity index (χ2v) is 9.35. The normalized spacial score (nSPS) is 17.2. The molecule has 0 N–H and O–H groups in total. The van der Waals surface area contributed by atoms with Gasteiger partial charge < -0.3 is 9.64 Å². The van der Waals surface area contributed by atoms with E-state index in [0.29, 0.717) is 31.0 Å². The minimum absolute atomic E-state index is 0.0311. The van der Waals surface area contributed by atoms with Gasteiger partial charge in [-0.25, -0.2) is 13.2 Å². The largest absolute Gasteiger partial charge is 0.453 e. The van der Waals surface area contributed by atoms with E-state index in [1.165, 1.54) is 11.4 Å². The molecule has 0 unspecified atom stereocenters. The Morgan fingerprint density at radius 3 is 2.36 bits per heavy atom. The second kappa shape index (κ2) is 7.33. The van der Waals surface area contributed by atoms with Gasteiger partial charge in [-0.05, 0) is 36.0 Å². The molecule has 1 fully saturated rings. The van der Waals surface area contributed by atoms with Crippen LogP contribution in [0, 0.1) is 6.92 Å². The fourth-order valence-electron chi connectivity index (χ4n) is 2.99. The van der Waals surface area contributed by atoms with Crippen LogP contribution in [-0.4, -0.2) is 57.0 Å². The number of carbonyl (C=O) groups excluding carboxylic acids is 1. The van der Waals surface area contributed by atoms with Gasteiger partial charge >= 0.3 is 6.09 Å². The Bertz CT molecular complexity index is 738. The number of amides is 1. The molecule has 0 aliphatic carbocycles. The highest BCUT2D eigenvalue weighted by molar-refractivity contribution is 7.89. The van der Waals surface area contributed by atoms with Gasteiger partial charge in [0.15, 0.2) is 0 Å². The third-order valence-corrected chi connectivity index (χ3v) is 6.61. The van der Waals surface area contributed by atoms with E-state index in [-0.39, 0.29) is 12.0 Å². The first kappa shape index (κ1) is 19.7. The van der Waals surface area contributed by atoms with Gasteiger partial charge in [0.05, 0.1) is 12.0 Å². The summed E-state index contributed by atoms with van der Waals surface area (Å²) in [7, 11) is -2.24. The van der Waals surface area contributed by atoms with Gasteiger partial charge in [0.25, 0.3) is 0 Å². The Kier molecular flexibility index (Phi) is 5.79. The highest BCUT2D eigenvalue weighted by Gasteiger charge is 2.30. The van der Waals surface area contributed by atoms with E-state index in [9.17, 15) is 13.2 Å². The number of rotatable bonds is 2. The van der Waals surface area contributed by atoms with E-state index in [0.717, 1.165) is 11.1 Å². The number of sulfonamides is 1. The van der Waals surface area contributed by atoms with Crippen molar-refractivity contribution in [2.24, 2.45) is 0 Å². The van der Waals surface area contributed by atoms with Gasteiger partial charge in [-0.1, -0.05) is 32.9 Å². The molecular weight excluding hydrogens is 340 g/mol. The van der Waals surface area contributed by atoms with Crippen molar-refractivity contribution in [3.8, 4) is 0 Å². The molecule has 1 aromatic carbocycles. The molecule has 1 aromatic rings. The minimum atomic E-state index is -3.58. The van der Waals surface area contributed by atoms with Crippen LogP contribution in [0.15, 0.2) is 23.1 Å². The molecule has 0 bridgehead atoms. The molecule has 25 heavy (non-hydrogen) atoms. The summed E-state index contributed by atoms with van der Waals surface area (Å²) in [6, 6.07) is 5.54. The monoisotopic (exact) mass is 368 g/mol. The first-order valence-corrected chi connectivity index (χ1v) is 9.95. The Hall–Kier alpha value is -1.60. The summed E-state index contributed by atoms with van der Waals surface area (Å²) >= 11 is 0.